The lowest BCUT2D eigenvalue weighted by atomic mass is 10.2. The van der Waals surface area contributed by atoms with Crippen molar-refractivity contribution < 1.29 is 9.90 Å². The number of aromatic hydroxyl groups is 1. The van der Waals surface area contributed by atoms with Gasteiger partial charge in [0.2, 0.25) is 5.91 Å². The van der Waals surface area contributed by atoms with Crippen molar-refractivity contribution in [3.8, 4) is 5.75 Å². The van der Waals surface area contributed by atoms with Crippen LogP contribution >= 0.6 is 0 Å². The lowest BCUT2D eigenvalue weighted by Crippen LogP contribution is -2.53. The van der Waals surface area contributed by atoms with Gasteiger partial charge in [0.05, 0.1) is 6.17 Å². The van der Waals surface area contributed by atoms with Gasteiger partial charge in [-0.1, -0.05) is 0 Å². The third-order valence-electron chi connectivity index (χ3n) is 3.94. The van der Waals surface area contributed by atoms with Crippen LogP contribution in [0.25, 0.3) is 0 Å². The van der Waals surface area contributed by atoms with E-state index in [0.717, 1.165) is 38.3 Å². The smallest absolute Gasteiger partial charge is 0.221 e. The second kappa shape index (κ2) is 5.09. The molecule has 5 nitrogen and oxygen atoms in total. The van der Waals surface area contributed by atoms with Crippen molar-refractivity contribution >= 4 is 11.6 Å². The van der Waals surface area contributed by atoms with Crippen LogP contribution in [0, 0.1) is 0 Å². The molecule has 0 spiro atoms. The first kappa shape index (κ1) is 12.3. The molecule has 5 heteroatoms. The minimum atomic E-state index is 0.172. The highest BCUT2D eigenvalue weighted by Gasteiger charge is 2.29. The third-order valence-corrected chi connectivity index (χ3v) is 3.94. The maximum absolute atomic E-state index is 11.2. The number of anilines is 1. The number of hydrogen-bond acceptors (Lipinski definition) is 4. The minimum Gasteiger partial charge on any atom is -0.508 e. The van der Waals surface area contributed by atoms with Crippen LogP contribution in [0.4, 0.5) is 5.69 Å². The first-order chi connectivity index (χ1) is 9.22. The number of phenols is 1. The van der Waals surface area contributed by atoms with Crippen LogP contribution in [-0.4, -0.2) is 48.3 Å². The summed E-state index contributed by atoms with van der Waals surface area (Å²) in [4.78, 5) is 15.9. The number of phenolic OH excluding ortho intramolecular Hbond substituents is 1. The van der Waals surface area contributed by atoms with Gasteiger partial charge in [0, 0.05) is 38.3 Å². The van der Waals surface area contributed by atoms with Crippen molar-refractivity contribution in [2.45, 2.75) is 19.0 Å². The summed E-state index contributed by atoms with van der Waals surface area (Å²) in [6.07, 6.45) is 1.82. The molecular formula is C14H19N3O2. The van der Waals surface area contributed by atoms with E-state index in [-0.39, 0.29) is 12.1 Å². The molecule has 2 heterocycles. The quantitative estimate of drug-likeness (QED) is 0.825. The van der Waals surface area contributed by atoms with Gasteiger partial charge in [0.25, 0.3) is 0 Å². The van der Waals surface area contributed by atoms with Crippen molar-refractivity contribution in [2.24, 2.45) is 0 Å². The predicted octanol–water partition coefficient (Wildman–Crippen LogP) is 0.750. The number of nitrogens with zero attached hydrogens (tertiary/aromatic N) is 2. The van der Waals surface area contributed by atoms with Crippen LogP contribution in [0.15, 0.2) is 24.3 Å². The van der Waals surface area contributed by atoms with Crippen molar-refractivity contribution in [2.75, 3.05) is 31.1 Å². The van der Waals surface area contributed by atoms with Crippen molar-refractivity contribution in [1.29, 1.82) is 0 Å². The molecule has 1 unspecified atom stereocenters. The molecule has 2 N–H and O–H groups in total. The number of amides is 1. The Morgan fingerprint density at radius 3 is 2.37 bits per heavy atom. The molecule has 1 atom stereocenters. The number of carbonyl (C=O) groups excluding carboxylic acids is 1. The molecule has 2 aliphatic rings. The Morgan fingerprint density at radius 2 is 1.79 bits per heavy atom. The van der Waals surface area contributed by atoms with E-state index in [1.54, 1.807) is 12.1 Å². The molecule has 0 bridgehead atoms. The molecule has 0 saturated carbocycles. The first-order valence-electron chi connectivity index (χ1n) is 6.80. The number of nitrogens with one attached hydrogen (secondary N) is 1. The molecule has 0 aromatic heterocycles. The van der Waals surface area contributed by atoms with Crippen LogP contribution < -0.4 is 10.2 Å². The van der Waals surface area contributed by atoms with Gasteiger partial charge in [-0.05, 0) is 30.7 Å². The van der Waals surface area contributed by atoms with E-state index < -0.39 is 0 Å². The maximum atomic E-state index is 11.2. The lowest BCUT2D eigenvalue weighted by molar-refractivity contribution is -0.119. The van der Waals surface area contributed by atoms with E-state index in [9.17, 15) is 9.90 Å². The Kier molecular flexibility index (Phi) is 3.29. The van der Waals surface area contributed by atoms with Gasteiger partial charge < -0.3 is 15.3 Å². The van der Waals surface area contributed by atoms with Gasteiger partial charge in [0.15, 0.2) is 0 Å². The average Bonchev–Trinajstić information content (AvgIpc) is 2.87. The highest BCUT2D eigenvalue weighted by atomic mass is 16.3. The Balaban J connectivity index is 1.57. The monoisotopic (exact) mass is 261 g/mol. The second-order valence-corrected chi connectivity index (χ2v) is 5.16. The second-order valence-electron chi connectivity index (χ2n) is 5.16. The minimum absolute atomic E-state index is 0.172. The topological polar surface area (TPSA) is 55.8 Å². The highest BCUT2D eigenvalue weighted by Crippen LogP contribution is 2.21. The van der Waals surface area contributed by atoms with Crippen LogP contribution in [-0.2, 0) is 4.79 Å². The van der Waals surface area contributed by atoms with E-state index in [1.807, 2.05) is 12.1 Å². The molecule has 0 aliphatic carbocycles. The zero-order valence-electron chi connectivity index (χ0n) is 10.9. The summed E-state index contributed by atoms with van der Waals surface area (Å²) < 4.78 is 0. The molecule has 2 aliphatic heterocycles. The van der Waals surface area contributed by atoms with Gasteiger partial charge in [-0.25, -0.2) is 0 Å². The molecule has 2 fully saturated rings. The number of hydrogen-bond donors (Lipinski definition) is 2. The van der Waals surface area contributed by atoms with Crippen molar-refractivity contribution in [3.63, 3.8) is 0 Å². The summed E-state index contributed by atoms with van der Waals surface area (Å²) in [5, 5.41) is 12.3. The first-order valence-corrected chi connectivity index (χ1v) is 6.80. The Labute approximate surface area is 112 Å². The lowest BCUT2D eigenvalue weighted by Gasteiger charge is -2.38. The highest BCUT2D eigenvalue weighted by molar-refractivity contribution is 5.78. The van der Waals surface area contributed by atoms with Gasteiger partial charge >= 0.3 is 0 Å². The summed E-state index contributed by atoms with van der Waals surface area (Å²) in [7, 11) is 0. The van der Waals surface area contributed by atoms with Crippen LogP contribution in [0.3, 0.4) is 0 Å². The Bertz CT molecular complexity index is 452. The van der Waals surface area contributed by atoms with Gasteiger partial charge in [-0.15, -0.1) is 0 Å². The maximum Gasteiger partial charge on any atom is 0.221 e. The molecule has 1 aromatic carbocycles. The Morgan fingerprint density at radius 1 is 1.11 bits per heavy atom. The zero-order chi connectivity index (χ0) is 13.2. The van der Waals surface area contributed by atoms with E-state index in [0.29, 0.717) is 12.2 Å². The van der Waals surface area contributed by atoms with E-state index in [2.05, 4.69) is 15.1 Å². The van der Waals surface area contributed by atoms with Gasteiger partial charge in [-0.3, -0.25) is 9.69 Å². The average molecular weight is 261 g/mol. The molecule has 3 rings (SSSR count). The van der Waals surface area contributed by atoms with Gasteiger partial charge in [0.1, 0.15) is 5.75 Å². The number of rotatable bonds is 2. The van der Waals surface area contributed by atoms with E-state index in [4.69, 9.17) is 0 Å². The number of piperazine rings is 1. The normalized spacial score (nSPS) is 24.5. The molecule has 19 heavy (non-hydrogen) atoms. The summed E-state index contributed by atoms with van der Waals surface area (Å²) >= 11 is 0. The van der Waals surface area contributed by atoms with E-state index in [1.165, 1.54) is 0 Å². The largest absolute Gasteiger partial charge is 0.508 e. The Hall–Kier alpha value is -1.75. The SMILES string of the molecule is O=C1CCC(N2CCN(c3ccc(O)cc3)CC2)N1. The predicted molar refractivity (Wildman–Crippen MR) is 73.1 cm³/mol. The summed E-state index contributed by atoms with van der Waals surface area (Å²) in [6.45, 7) is 3.84. The summed E-state index contributed by atoms with van der Waals surface area (Å²) in [5.41, 5.74) is 1.15. The van der Waals surface area contributed by atoms with Crippen molar-refractivity contribution in [3.05, 3.63) is 24.3 Å². The standard InChI is InChI=1S/C14H19N3O2/c18-12-3-1-11(2-4-12)16-7-9-17(10-8-16)13-5-6-14(19)15-13/h1-4,13,18H,5-10H2,(H,15,19). The molecule has 1 aromatic rings. The summed E-state index contributed by atoms with van der Waals surface area (Å²) in [5.74, 6) is 0.474. The van der Waals surface area contributed by atoms with Crippen LogP contribution in [0.5, 0.6) is 5.75 Å². The fraction of sp³-hybridized carbons (Fsp3) is 0.500. The van der Waals surface area contributed by atoms with Crippen LogP contribution in [0.1, 0.15) is 12.8 Å². The molecule has 0 radical (unpaired) electrons. The van der Waals surface area contributed by atoms with Crippen LogP contribution in [0.2, 0.25) is 0 Å². The van der Waals surface area contributed by atoms with Crippen molar-refractivity contribution in [1.82, 2.24) is 10.2 Å². The fourth-order valence-electron chi connectivity index (χ4n) is 2.83. The number of carbonyl (C=O) groups is 1. The molecule has 102 valence electrons. The van der Waals surface area contributed by atoms with E-state index >= 15 is 0 Å². The fourth-order valence-corrected chi connectivity index (χ4v) is 2.83. The third kappa shape index (κ3) is 2.66. The summed E-state index contributed by atoms with van der Waals surface area (Å²) in [6, 6.07) is 7.34. The number of benzene rings is 1. The van der Waals surface area contributed by atoms with Gasteiger partial charge in [-0.2, -0.15) is 0 Å². The molecule has 2 saturated heterocycles. The zero-order valence-corrected chi connectivity index (χ0v) is 10.9. The molecule has 1 amide bonds. The molecular weight excluding hydrogens is 242 g/mol.